The van der Waals surface area contributed by atoms with Crippen molar-refractivity contribution < 1.29 is 14.7 Å². The maximum Gasteiger partial charge on any atom is 0.220 e. The highest BCUT2D eigenvalue weighted by Gasteiger charge is 2.24. The Morgan fingerprint density at radius 2 is 2.00 bits per heavy atom. The fourth-order valence-electron chi connectivity index (χ4n) is 1.15. The smallest absolute Gasteiger partial charge is 0.220 e. The zero-order valence-electron chi connectivity index (χ0n) is 7.05. The first-order valence-electron chi connectivity index (χ1n) is 3.77. The molecule has 0 unspecified atom stereocenters. The molecule has 0 saturated carbocycles. The lowest BCUT2D eigenvalue weighted by molar-refractivity contribution is -0.117. The average molecular weight is 166 g/mol. The van der Waals surface area contributed by atoms with Gasteiger partial charge in [0.05, 0.1) is 0 Å². The topological polar surface area (TPSA) is 54.4 Å². The van der Waals surface area contributed by atoms with Gasteiger partial charge in [-0.2, -0.15) is 0 Å². The first kappa shape index (κ1) is 8.71. The van der Waals surface area contributed by atoms with Crippen molar-refractivity contribution in [2.45, 2.75) is 20.3 Å². The van der Waals surface area contributed by atoms with E-state index >= 15 is 0 Å². The van der Waals surface area contributed by atoms with E-state index in [4.69, 9.17) is 0 Å². The predicted octanol–water partition coefficient (Wildman–Crippen LogP) is 1.31. The molecule has 0 atom stereocenters. The standard InChI is InChI=1S/C9H10O3/c1-3-6-8(11)5(2)4-7(10)9(6)12/h4,12H,3H2,1-2H3. The molecular formula is C9H10O3. The SMILES string of the molecule is CCC1=C(O)C(=O)C=C(C)C1=O. The van der Waals surface area contributed by atoms with Gasteiger partial charge in [0.1, 0.15) is 0 Å². The summed E-state index contributed by atoms with van der Waals surface area (Å²) in [6.45, 7) is 3.30. The Labute approximate surface area is 70.4 Å². The monoisotopic (exact) mass is 166 g/mol. The van der Waals surface area contributed by atoms with Crippen molar-refractivity contribution >= 4 is 11.6 Å². The molecule has 0 aromatic heterocycles. The molecule has 1 aliphatic rings. The predicted molar refractivity (Wildman–Crippen MR) is 43.7 cm³/mol. The van der Waals surface area contributed by atoms with Crippen molar-refractivity contribution in [3.05, 3.63) is 23.0 Å². The molecular weight excluding hydrogens is 156 g/mol. The van der Waals surface area contributed by atoms with Crippen molar-refractivity contribution in [3.63, 3.8) is 0 Å². The van der Waals surface area contributed by atoms with Crippen LogP contribution in [0.5, 0.6) is 0 Å². The molecule has 1 aliphatic carbocycles. The fourth-order valence-corrected chi connectivity index (χ4v) is 1.15. The summed E-state index contributed by atoms with van der Waals surface area (Å²) in [6.07, 6.45) is 1.55. The van der Waals surface area contributed by atoms with E-state index in [1.807, 2.05) is 0 Å². The maximum atomic E-state index is 11.3. The second-order valence-electron chi connectivity index (χ2n) is 2.70. The molecule has 0 radical (unpaired) electrons. The molecule has 12 heavy (non-hydrogen) atoms. The molecule has 0 aliphatic heterocycles. The normalized spacial score (nSPS) is 18.3. The van der Waals surface area contributed by atoms with Crippen LogP contribution >= 0.6 is 0 Å². The number of aliphatic hydroxyl groups excluding tert-OH is 1. The van der Waals surface area contributed by atoms with Gasteiger partial charge in [0, 0.05) is 11.1 Å². The van der Waals surface area contributed by atoms with Crippen LogP contribution in [0.25, 0.3) is 0 Å². The molecule has 0 aromatic rings. The zero-order chi connectivity index (χ0) is 9.30. The van der Waals surface area contributed by atoms with E-state index in [9.17, 15) is 14.7 Å². The van der Waals surface area contributed by atoms with E-state index in [-0.39, 0.29) is 11.4 Å². The molecule has 3 nitrogen and oxygen atoms in total. The summed E-state index contributed by atoms with van der Waals surface area (Å²) >= 11 is 0. The highest BCUT2D eigenvalue weighted by molar-refractivity contribution is 6.21. The Hall–Kier alpha value is -1.38. The van der Waals surface area contributed by atoms with Gasteiger partial charge in [-0.05, 0) is 19.4 Å². The van der Waals surface area contributed by atoms with E-state index in [0.29, 0.717) is 12.0 Å². The number of hydrogen-bond acceptors (Lipinski definition) is 3. The van der Waals surface area contributed by atoms with E-state index in [1.54, 1.807) is 13.8 Å². The van der Waals surface area contributed by atoms with Crippen molar-refractivity contribution in [1.29, 1.82) is 0 Å². The summed E-state index contributed by atoms with van der Waals surface area (Å²) in [7, 11) is 0. The van der Waals surface area contributed by atoms with Crippen molar-refractivity contribution in [2.24, 2.45) is 0 Å². The highest BCUT2D eigenvalue weighted by Crippen LogP contribution is 2.19. The third kappa shape index (κ3) is 1.18. The average Bonchev–Trinajstić information content (AvgIpc) is 2.02. The quantitative estimate of drug-likeness (QED) is 0.597. The maximum absolute atomic E-state index is 11.3. The van der Waals surface area contributed by atoms with Gasteiger partial charge in [0.25, 0.3) is 0 Å². The second-order valence-corrected chi connectivity index (χ2v) is 2.70. The Morgan fingerprint density at radius 1 is 1.42 bits per heavy atom. The Morgan fingerprint density at radius 3 is 2.50 bits per heavy atom. The van der Waals surface area contributed by atoms with E-state index in [0.717, 1.165) is 6.08 Å². The van der Waals surface area contributed by atoms with Crippen LogP contribution < -0.4 is 0 Å². The van der Waals surface area contributed by atoms with Crippen molar-refractivity contribution in [2.75, 3.05) is 0 Å². The molecule has 3 heteroatoms. The lowest BCUT2D eigenvalue weighted by Gasteiger charge is -2.10. The van der Waals surface area contributed by atoms with E-state index in [1.165, 1.54) is 0 Å². The minimum absolute atomic E-state index is 0.222. The van der Waals surface area contributed by atoms with Crippen LogP contribution in [0.15, 0.2) is 23.0 Å². The van der Waals surface area contributed by atoms with Crippen LogP contribution in [0, 0.1) is 0 Å². The van der Waals surface area contributed by atoms with E-state index < -0.39 is 11.5 Å². The summed E-state index contributed by atoms with van der Waals surface area (Å²) in [5, 5.41) is 9.19. The van der Waals surface area contributed by atoms with Gasteiger partial charge in [0.15, 0.2) is 11.5 Å². The Kier molecular flexibility index (Phi) is 2.13. The number of hydrogen-bond donors (Lipinski definition) is 1. The lowest BCUT2D eigenvalue weighted by atomic mass is 9.94. The largest absolute Gasteiger partial charge is 0.504 e. The fraction of sp³-hybridized carbons (Fsp3) is 0.333. The van der Waals surface area contributed by atoms with Crippen molar-refractivity contribution in [3.8, 4) is 0 Å². The lowest BCUT2D eigenvalue weighted by Crippen LogP contribution is -2.17. The third-order valence-corrected chi connectivity index (χ3v) is 1.85. The van der Waals surface area contributed by atoms with Gasteiger partial charge in [-0.1, -0.05) is 6.92 Å². The van der Waals surface area contributed by atoms with Crippen LogP contribution in [-0.4, -0.2) is 16.7 Å². The Balaban J connectivity index is 3.17. The summed E-state index contributed by atoms with van der Waals surface area (Å²) in [5.41, 5.74) is 0.620. The molecule has 1 N–H and O–H groups in total. The summed E-state index contributed by atoms with van der Waals surface area (Å²) in [5.74, 6) is -1.09. The minimum Gasteiger partial charge on any atom is -0.504 e. The Bertz CT molecular complexity index is 308. The van der Waals surface area contributed by atoms with Crippen molar-refractivity contribution in [1.82, 2.24) is 0 Å². The van der Waals surface area contributed by atoms with Gasteiger partial charge < -0.3 is 5.11 Å². The molecule has 1 rings (SSSR count). The van der Waals surface area contributed by atoms with Crippen LogP contribution in [0.4, 0.5) is 0 Å². The second kappa shape index (κ2) is 2.93. The van der Waals surface area contributed by atoms with Crippen LogP contribution in [-0.2, 0) is 9.59 Å². The van der Waals surface area contributed by atoms with Crippen LogP contribution in [0.2, 0.25) is 0 Å². The van der Waals surface area contributed by atoms with Gasteiger partial charge in [0.2, 0.25) is 5.78 Å². The summed E-state index contributed by atoms with van der Waals surface area (Å²) in [6, 6.07) is 0. The number of allylic oxidation sites excluding steroid dienone is 3. The molecule has 0 amide bonds. The number of Topliss-reactive ketones (excluding diaryl/α,β-unsaturated/α-hetero) is 1. The van der Waals surface area contributed by atoms with Crippen LogP contribution in [0.1, 0.15) is 20.3 Å². The number of aliphatic hydroxyl groups is 1. The summed E-state index contributed by atoms with van der Waals surface area (Å²) in [4.78, 5) is 22.3. The third-order valence-electron chi connectivity index (χ3n) is 1.85. The number of rotatable bonds is 1. The first-order valence-corrected chi connectivity index (χ1v) is 3.77. The molecule has 0 saturated heterocycles. The number of carbonyl (C=O) groups is 2. The number of ketones is 2. The van der Waals surface area contributed by atoms with Gasteiger partial charge >= 0.3 is 0 Å². The van der Waals surface area contributed by atoms with Gasteiger partial charge in [-0.25, -0.2) is 0 Å². The van der Waals surface area contributed by atoms with Gasteiger partial charge in [-0.15, -0.1) is 0 Å². The molecule has 64 valence electrons. The van der Waals surface area contributed by atoms with E-state index in [2.05, 4.69) is 0 Å². The highest BCUT2D eigenvalue weighted by atomic mass is 16.3. The van der Waals surface area contributed by atoms with Gasteiger partial charge in [-0.3, -0.25) is 9.59 Å². The van der Waals surface area contributed by atoms with Crippen LogP contribution in [0.3, 0.4) is 0 Å². The molecule has 0 bridgehead atoms. The molecule has 0 aromatic carbocycles. The zero-order valence-corrected chi connectivity index (χ0v) is 7.05. The molecule has 0 heterocycles. The number of carbonyl (C=O) groups excluding carboxylic acids is 2. The first-order chi connectivity index (χ1) is 5.57. The molecule has 0 fully saturated rings. The molecule has 0 spiro atoms. The summed E-state index contributed by atoms with van der Waals surface area (Å²) < 4.78 is 0. The minimum atomic E-state index is -0.469.